The van der Waals surface area contributed by atoms with Gasteiger partial charge in [-0.15, -0.1) is 0 Å². The van der Waals surface area contributed by atoms with Gasteiger partial charge in [-0.2, -0.15) is 0 Å². The molecule has 162 valence electrons. The van der Waals surface area contributed by atoms with Gasteiger partial charge >= 0.3 is 0 Å². The number of hydrogen-bond donors (Lipinski definition) is 2. The maximum atomic E-state index is 12.5. The van der Waals surface area contributed by atoms with Crippen molar-refractivity contribution in [3.8, 4) is 11.3 Å². The standard InChI is InChI=1S/C25H20N6O2/c1-31-21-7-3-2-6-20(21)23-17(13-22(31)32)14-27-25(30-23)29-18-10-8-16(9-11-18)24(33)28-19-5-4-12-26-15-19/h2-12,14-15H,13H2,1H3,(H,28,33)(H,27,29,30). The number of fused-ring (bicyclic) bond motifs is 3. The number of para-hydroxylation sites is 1. The number of anilines is 4. The van der Waals surface area contributed by atoms with Gasteiger partial charge in [-0.25, -0.2) is 9.97 Å². The fourth-order valence-electron chi connectivity index (χ4n) is 3.69. The van der Waals surface area contributed by atoms with E-state index in [2.05, 4.69) is 20.6 Å². The molecule has 2 aromatic carbocycles. The third-order valence-electron chi connectivity index (χ3n) is 5.42. The zero-order valence-corrected chi connectivity index (χ0v) is 17.8. The summed E-state index contributed by atoms with van der Waals surface area (Å²) in [5.41, 5.74) is 5.10. The molecule has 0 radical (unpaired) electrons. The predicted molar refractivity (Wildman–Crippen MR) is 126 cm³/mol. The van der Waals surface area contributed by atoms with E-state index in [0.717, 1.165) is 28.2 Å². The van der Waals surface area contributed by atoms with E-state index < -0.39 is 0 Å². The number of carbonyl (C=O) groups is 2. The van der Waals surface area contributed by atoms with Crippen LogP contribution in [0.3, 0.4) is 0 Å². The zero-order valence-electron chi connectivity index (χ0n) is 17.8. The topological polar surface area (TPSA) is 100 Å². The summed E-state index contributed by atoms with van der Waals surface area (Å²) >= 11 is 0. The van der Waals surface area contributed by atoms with Crippen LogP contribution in [0.4, 0.5) is 23.0 Å². The number of carbonyl (C=O) groups excluding carboxylic acids is 2. The average molecular weight is 436 g/mol. The lowest BCUT2D eigenvalue weighted by Gasteiger charge is -2.16. The Balaban J connectivity index is 1.38. The molecule has 0 unspecified atom stereocenters. The third kappa shape index (κ3) is 4.14. The molecule has 2 aromatic heterocycles. The summed E-state index contributed by atoms with van der Waals surface area (Å²) in [7, 11) is 1.77. The number of nitrogens with zero attached hydrogens (tertiary/aromatic N) is 4. The van der Waals surface area contributed by atoms with Crippen molar-refractivity contribution >= 4 is 34.8 Å². The third-order valence-corrected chi connectivity index (χ3v) is 5.42. The Morgan fingerprint density at radius 3 is 2.58 bits per heavy atom. The summed E-state index contributed by atoms with van der Waals surface area (Å²) in [5, 5.41) is 5.99. The minimum atomic E-state index is -0.221. The van der Waals surface area contributed by atoms with Gasteiger partial charge in [0.2, 0.25) is 11.9 Å². The quantitative estimate of drug-likeness (QED) is 0.501. The van der Waals surface area contributed by atoms with Gasteiger partial charge < -0.3 is 15.5 Å². The van der Waals surface area contributed by atoms with Crippen LogP contribution in [0.25, 0.3) is 11.3 Å². The molecule has 2 N–H and O–H groups in total. The molecule has 8 heteroatoms. The van der Waals surface area contributed by atoms with E-state index in [0.29, 0.717) is 17.2 Å². The molecule has 3 heterocycles. The normalized spacial score (nSPS) is 12.4. The SMILES string of the molecule is CN1C(=O)Cc2cnc(Nc3ccc(C(=O)Nc4cccnc4)cc3)nc2-c2ccccc21. The first-order valence-corrected chi connectivity index (χ1v) is 10.4. The Labute approximate surface area is 190 Å². The van der Waals surface area contributed by atoms with Gasteiger partial charge in [0, 0.05) is 41.8 Å². The highest BCUT2D eigenvalue weighted by molar-refractivity contribution is 6.04. The van der Waals surface area contributed by atoms with Gasteiger partial charge in [0.25, 0.3) is 5.91 Å². The first-order chi connectivity index (χ1) is 16.1. The first-order valence-electron chi connectivity index (χ1n) is 10.4. The Bertz CT molecular complexity index is 1340. The van der Waals surface area contributed by atoms with Crippen molar-refractivity contribution in [3.63, 3.8) is 0 Å². The molecular formula is C25H20N6O2. The van der Waals surface area contributed by atoms with Crippen molar-refractivity contribution in [2.24, 2.45) is 0 Å². The van der Waals surface area contributed by atoms with Crippen molar-refractivity contribution in [1.29, 1.82) is 0 Å². The molecule has 33 heavy (non-hydrogen) atoms. The summed E-state index contributed by atoms with van der Waals surface area (Å²) in [4.78, 5) is 39.7. The second-order valence-corrected chi connectivity index (χ2v) is 7.61. The maximum absolute atomic E-state index is 12.5. The molecule has 0 fully saturated rings. The zero-order chi connectivity index (χ0) is 22.8. The molecule has 0 spiro atoms. The summed E-state index contributed by atoms with van der Waals surface area (Å²) in [6.45, 7) is 0. The van der Waals surface area contributed by atoms with Crippen molar-refractivity contribution in [1.82, 2.24) is 15.0 Å². The monoisotopic (exact) mass is 436 g/mol. The number of aromatic nitrogens is 3. The first kappa shape index (κ1) is 20.3. The number of hydrogen-bond acceptors (Lipinski definition) is 6. The van der Waals surface area contributed by atoms with Crippen LogP contribution in [0.1, 0.15) is 15.9 Å². The fraction of sp³-hybridized carbons (Fsp3) is 0.0800. The minimum absolute atomic E-state index is 0.00865. The molecule has 0 aliphatic carbocycles. The Kier molecular flexibility index (Phi) is 5.24. The van der Waals surface area contributed by atoms with Crippen LogP contribution < -0.4 is 15.5 Å². The lowest BCUT2D eigenvalue weighted by Crippen LogP contribution is -2.26. The van der Waals surface area contributed by atoms with Crippen molar-refractivity contribution < 1.29 is 9.59 Å². The Morgan fingerprint density at radius 1 is 0.970 bits per heavy atom. The van der Waals surface area contributed by atoms with E-state index >= 15 is 0 Å². The van der Waals surface area contributed by atoms with Gasteiger partial charge in [0.05, 0.1) is 29.7 Å². The molecule has 1 aliphatic rings. The molecule has 0 bridgehead atoms. The number of rotatable bonds is 4. The summed E-state index contributed by atoms with van der Waals surface area (Å²) in [6, 6.07) is 18.3. The molecular weight excluding hydrogens is 416 g/mol. The number of benzene rings is 2. The fourth-order valence-corrected chi connectivity index (χ4v) is 3.69. The van der Waals surface area contributed by atoms with Gasteiger partial charge in [-0.3, -0.25) is 14.6 Å². The molecule has 8 nitrogen and oxygen atoms in total. The summed E-state index contributed by atoms with van der Waals surface area (Å²) < 4.78 is 0. The van der Waals surface area contributed by atoms with E-state index in [4.69, 9.17) is 4.98 Å². The molecule has 0 saturated carbocycles. The Morgan fingerprint density at radius 2 is 1.79 bits per heavy atom. The van der Waals surface area contributed by atoms with E-state index in [-0.39, 0.29) is 18.2 Å². The van der Waals surface area contributed by atoms with Crippen LogP contribution in [-0.2, 0) is 11.2 Å². The largest absolute Gasteiger partial charge is 0.324 e. The lowest BCUT2D eigenvalue weighted by atomic mass is 10.1. The smallest absolute Gasteiger partial charge is 0.255 e. The van der Waals surface area contributed by atoms with E-state index in [1.807, 2.05) is 24.3 Å². The predicted octanol–water partition coefficient (Wildman–Crippen LogP) is 4.05. The number of nitrogens with one attached hydrogen (secondary N) is 2. The van der Waals surface area contributed by atoms with E-state index in [9.17, 15) is 9.59 Å². The van der Waals surface area contributed by atoms with Gasteiger partial charge in [-0.1, -0.05) is 18.2 Å². The van der Waals surface area contributed by atoms with E-state index in [1.54, 1.807) is 66.9 Å². The molecule has 4 aromatic rings. The van der Waals surface area contributed by atoms with Crippen LogP contribution >= 0.6 is 0 Å². The Hall–Kier alpha value is -4.59. The summed E-state index contributed by atoms with van der Waals surface area (Å²) in [5.74, 6) is 0.181. The van der Waals surface area contributed by atoms with Gasteiger partial charge in [0.15, 0.2) is 0 Å². The van der Waals surface area contributed by atoms with E-state index in [1.165, 1.54) is 0 Å². The van der Waals surface area contributed by atoms with Crippen LogP contribution in [0.2, 0.25) is 0 Å². The summed E-state index contributed by atoms with van der Waals surface area (Å²) in [6.07, 6.45) is 5.16. The highest BCUT2D eigenvalue weighted by Crippen LogP contribution is 2.35. The maximum Gasteiger partial charge on any atom is 0.255 e. The number of likely N-dealkylation sites (N-methyl/N-ethyl adjacent to an activating group) is 1. The molecule has 0 saturated heterocycles. The highest BCUT2D eigenvalue weighted by Gasteiger charge is 2.24. The lowest BCUT2D eigenvalue weighted by molar-refractivity contribution is -0.117. The van der Waals surface area contributed by atoms with Crippen LogP contribution in [0, 0.1) is 0 Å². The molecule has 2 amide bonds. The molecule has 5 rings (SSSR count). The van der Waals surface area contributed by atoms with Crippen LogP contribution in [0.5, 0.6) is 0 Å². The van der Waals surface area contributed by atoms with Crippen molar-refractivity contribution in [3.05, 3.63) is 90.4 Å². The second kappa shape index (κ2) is 8.51. The molecule has 0 atom stereocenters. The van der Waals surface area contributed by atoms with Crippen LogP contribution in [0.15, 0.2) is 79.3 Å². The number of pyridine rings is 1. The van der Waals surface area contributed by atoms with Gasteiger partial charge in [0.1, 0.15) is 0 Å². The van der Waals surface area contributed by atoms with Gasteiger partial charge in [-0.05, 0) is 42.5 Å². The van der Waals surface area contributed by atoms with Crippen LogP contribution in [-0.4, -0.2) is 33.8 Å². The second-order valence-electron chi connectivity index (χ2n) is 7.61. The highest BCUT2D eigenvalue weighted by atomic mass is 16.2. The van der Waals surface area contributed by atoms with Crippen molar-refractivity contribution in [2.45, 2.75) is 6.42 Å². The average Bonchev–Trinajstić information content (AvgIpc) is 2.95. The van der Waals surface area contributed by atoms with Crippen molar-refractivity contribution in [2.75, 3.05) is 22.6 Å². The number of amides is 2. The molecule has 1 aliphatic heterocycles. The minimum Gasteiger partial charge on any atom is -0.324 e.